The highest BCUT2D eigenvalue weighted by atomic mass is 16.6. The van der Waals surface area contributed by atoms with E-state index < -0.39 is 4.92 Å². The van der Waals surface area contributed by atoms with Crippen LogP contribution in [0.1, 0.15) is 27.2 Å². The van der Waals surface area contributed by atoms with Crippen molar-refractivity contribution in [2.24, 2.45) is 4.99 Å². The van der Waals surface area contributed by atoms with Crippen LogP contribution in [0.25, 0.3) is 0 Å². The van der Waals surface area contributed by atoms with Gasteiger partial charge in [-0.3, -0.25) is 10.1 Å². The zero-order valence-corrected chi connectivity index (χ0v) is 20.3. The molecular formula is C26H30N4O5. The number of allylic oxidation sites excluding steroid dienone is 2. The van der Waals surface area contributed by atoms with Gasteiger partial charge in [0.15, 0.2) is 0 Å². The van der Waals surface area contributed by atoms with Gasteiger partial charge in [0.25, 0.3) is 5.69 Å². The van der Waals surface area contributed by atoms with E-state index in [0.717, 1.165) is 34.8 Å². The summed E-state index contributed by atoms with van der Waals surface area (Å²) in [5.74, 6) is 3.14. The second-order valence-corrected chi connectivity index (χ2v) is 7.74. The summed E-state index contributed by atoms with van der Waals surface area (Å²) >= 11 is 0. The van der Waals surface area contributed by atoms with Gasteiger partial charge in [-0.2, -0.15) is 0 Å². The van der Waals surface area contributed by atoms with Gasteiger partial charge in [-0.1, -0.05) is 13.0 Å². The van der Waals surface area contributed by atoms with E-state index in [4.69, 9.17) is 14.2 Å². The summed E-state index contributed by atoms with van der Waals surface area (Å²) in [5.41, 5.74) is 2.72. The number of rotatable bonds is 11. The number of nitrogens with zero attached hydrogens (tertiary/aromatic N) is 2. The summed E-state index contributed by atoms with van der Waals surface area (Å²) in [5, 5.41) is 17.9. The number of anilines is 1. The van der Waals surface area contributed by atoms with Gasteiger partial charge >= 0.3 is 0 Å². The molecule has 35 heavy (non-hydrogen) atoms. The van der Waals surface area contributed by atoms with E-state index in [-0.39, 0.29) is 5.69 Å². The second-order valence-electron chi connectivity index (χ2n) is 7.74. The normalized spacial score (nSPS) is 14.7. The number of non-ortho nitro benzene ring substituents is 1. The summed E-state index contributed by atoms with van der Waals surface area (Å²) < 4.78 is 16.5. The number of hydrogen-bond donors (Lipinski definition) is 2. The van der Waals surface area contributed by atoms with Crippen LogP contribution in [0.2, 0.25) is 0 Å². The molecule has 0 atom stereocenters. The van der Waals surface area contributed by atoms with Crippen LogP contribution in [0.15, 0.2) is 88.5 Å². The van der Waals surface area contributed by atoms with E-state index in [0.29, 0.717) is 30.6 Å². The number of aliphatic imine (C=N–C) groups is 1. The number of nitrogens with one attached hydrogen (secondary N) is 2. The van der Waals surface area contributed by atoms with Gasteiger partial charge in [0.1, 0.15) is 35.5 Å². The minimum absolute atomic E-state index is 0.0302. The maximum Gasteiger partial charge on any atom is 0.273 e. The van der Waals surface area contributed by atoms with Crippen molar-refractivity contribution in [3.8, 4) is 11.5 Å². The molecule has 0 spiro atoms. The number of hydrogen-bond acceptors (Lipinski definition) is 8. The Balaban J connectivity index is 1.74. The Labute approximate surface area is 205 Å². The molecule has 9 heteroatoms. The molecule has 184 valence electrons. The lowest BCUT2D eigenvalue weighted by Crippen LogP contribution is -2.29. The summed E-state index contributed by atoms with van der Waals surface area (Å²) in [7, 11) is 1.64. The molecule has 9 nitrogen and oxygen atoms in total. The van der Waals surface area contributed by atoms with Gasteiger partial charge in [0, 0.05) is 25.1 Å². The molecule has 1 aliphatic heterocycles. The molecule has 0 bridgehead atoms. The molecule has 0 saturated heterocycles. The van der Waals surface area contributed by atoms with Crippen LogP contribution in [0.4, 0.5) is 11.4 Å². The third kappa shape index (κ3) is 7.18. The van der Waals surface area contributed by atoms with E-state index in [1.807, 2.05) is 37.3 Å². The van der Waals surface area contributed by atoms with Crippen molar-refractivity contribution in [2.75, 3.05) is 25.6 Å². The first-order chi connectivity index (χ1) is 16.9. The summed E-state index contributed by atoms with van der Waals surface area (Å²) in [6, 6.07) is 13.8. The lowest BCUT2D eigenvalue weighted by Gasteiger charge is -2.18. The fourth-order valence-corrected chi connectivity index (χ4v) is 3.17. The van der Waals surface area contributed by atoms with Gasteiger partial charge in [-0.05, 0) is 62.2 Å². The second kappa shape index (κ2) is 12.4. The van der Waals surface area contributed by atoms with E-state index in [1.54, 1.807) is 32.4 Å². The van der Waals surface area contributed by atoms with Gasteiger partial charge in [-0.15, -0.1) is 0 Å². The predicted octanol–water partition coefficient (Wildman–Crippen LogP) is 5.54. The van der Waals surface area contributed by atoms with Gasteiger partial charge in [0.05, 0.1) is 23.2 Å². The van der Waals surface area contributed by atoms with Gasteiger partial charge in [-0.25, -0.2) is 4.99 Å². The van der Waals surface area contributed by atoms with Crippen molar-refractivity contribution < 1.29 is 19.1 Å². The zero-order chi connectivity index (χ0) is 25.2. The first kappa shape index (κ1) is 25.5. The molecule has 0 unspecified atom stereocenters. The van der Waals surface area contributed by atoms with Crippen molar-refractivity contribution in [1.29, 1.82) is 0 Å². The molecular weight excluding hydrogens is 448 g/mol. The maximum absolute atomic E-state index is 11.1. The quantitative estimate of drug-likeness (QED) is 0.189. The van der Waals surface area contributed by atoms with Crippen molar-refractivity contribution in [2.45, 2.75) is 27.2 Å². The average Bonchev–Trinajstić information content (AvgIpc) is 3.33. The minimum atomic E-state index is -0.451. The van der Waals surface area contributed by atoms with Crippen molar-refractivity contribution in [3.63, 3.8) is 0 Å². The minimum Gasteiger partial charge on any atom is -0.491 e. The van der Waals surface area contributed by atoms with E-state index >= 15 is 0 Å². The molecule has 0 amide bonds. The summed E-state index contributed by atoms with van der Waals surface area (Å²) in [6.07, 6.45) is 4.35. The van der Waals surface area contributed by atoms with Crippen molar-refractivity contribution in [1.82, 2.24) is 5.32 Å². The van der Waals surface area contributed by atoms with Crippen LogP contribution in [0.5, 0.6) is 11.5 Å². The molecule has 0 aliphatic carbocycles. The number of benzene rings is 2. The average molecular weight is 479 g/mol. The molecule has 2 aromatic rings. The first-order valence-corrected chi connectivity index (χ1v) is 11.2. The number of nitro benzene ring substituents is 1. The van der Waals surface area contributed by atoms with E-state index in [1.165, 1.54) is 12.1 Å². The highest BCUT2D eigenvalue weighted by Crippen LogP contribution is 2.24. The largest absolute Gasteiger partial charge is 0.491 e. The van der Waals surface area contributed by atoms with Crippen LogP contribution >= 0.6 is 0 Å². The smallest absolute Gasteiger partial charge is 0.273 e. The standard InChI is InChI=1S/C26H30N4O5/c1-5-18(2)25(28-20-9-11-22(12-10-20)34-16-15-33-4)29-26-24(13-14-27-26)19(3)35-23-8-6-7-21(17-23)30(31)32/h6-14,17,28H,5,15-16H2,1-4H3,(H,27,29)/b24-19+,25-18+. The molecule has 3 rings (SSSR count). The Morgan fingerprint density at radius 3 is 2.51 bits per heavy atom. The molecule has 0 fully saturated rings. The number of ether oxygens (including phenoxy) is 3. The number of methoxy groups -OCH3 is 1. The predicted molar refractivity (Wildman–Crippen MR) is 137 cm³/mol. The van der Waals surface area contributed by atoms with Crippen LogP contribution in [-0.4, -0.2) is 31.1 Å². The highest BCUT2D eigenvalue weighted by molar-refractivity contribution is 6.04. The summed E-state index contributed by atoms with van der Waals surface area (Å²) in [6.45, 7) is 6.93. The number of amidine groups is 1. The van der Waals surface area contributed by atoms with Crippen LogP contribution in [0.3, 0.4) is 0 Å². The Morgan fingerprint density at radius 2 is 1.83 bits per heavy atom. The molecule has 1 heterocycles. The fraction of sp³-hybridized carbons (Fsp3) is 0.269. The van der Waals surface area contributed by atoms with Crippen LogP contribution < -0.4 is 20.1 Å². The van der Waals surface area contributed by atoms with E-state index in [2.05, 4.69) is 22.5 Å². The molecule has 0 radical (unpaired) electrons. The summed E-state index contributed by atoms with van der Waals surface area (Å²) in [4.78, 5) is 15.1. The Kier molecular flexibility index (Phi) is 9.02. The topological polar surface area (TPSA) is 107 Å². The van der Waals surface area contributed by atoms with Crippen LogP contribution in [-0.2, 0) is 4.74 Å². The first-order valence-electron chi connectivity index (χ1n) is 11.2. The maximum atomic E-state index is 11.1. The lowest BCUT2D eigenvalue weighted by molar-refractivity contribution is -0.384. The molecule has 0 saturated carbocycles. The molecule has 1 aliphatic rings. The van der Waals surface area contributed by atoms with Gasteiger partial charge in [0.2, 0.25) is 0 Å². The highest BCUT2D eigenvalue weighted by Gasteiger charge is 2.17. The van der Waals surface area contributed by atoms with Crippen molar-refractivity contribution in [3.05, 3.63) is 93.6 Å². The molecule has 2 aromatic carbocycles. The SMILES string of the molecule is CC/C(C)=C(/NC1=NC=C/C1=C(/C)Oc1cccc([N+](=O)[O-])c1)Nc1ccc(OCCOC)cc1. The third-order valence-corrected chi connectivity index (χ3v) is 5.26. The third-order valence-electron chi connectivity index (χ3n) is 5.26. The van der Waals surface area contributed by atoms with Gasteiger partial charge < -0.3 is 24.8 Å². The van der Waals surface area contributed by atoms with Crippen LogP contribution in [0, 0.1) is 10.1 Å². The Hall–Kier alpha value is -4.11. The number of nitro groups is 1. The molecule has 2 N–H and O–H groups in total. The Bertz CT molecular complexity index is 1170. The monoisotopic (exact) mass is 478 g/mol. The molecule has 0 aromatic heterocycles. The van der Waals surface area contributed by atoms with Crippen molar-refractivity contribution >= 4 is 17.2 Å². The lowest BCUT2D eigenvalue weighted by atomic mass is 10.2. The Morgan fingerprint density at radius 1 is 1.06 bits per heavy atom. The van der Waals surface area contributed by atoms with E-state index in [9.17, 15) is 10.1 Å². The fourth-order valence-electron chi connectivity index (χ4n) is 3.17. The zero-order valence-electron chi connectivity index (χ0n) is 20.3.